The zero-order valence-electron chi connectivity index (χ0n) is 13.1. The van der Waals surface area contributed by atoms with Gasteiger partial charge in [-0.15, -0.1) is 0 Å². The fraction of sp³-hybridized carbons (Fsp3) is 0.562. The minimum atomic E-state index is -0.192. The highest BCUT2D eigenvalue weighted by Gasteiger charge is 2.26. The molecule has 3 rings (SSSR count). The van der Waals surface area contributed by atoms with Crippen LogP contribution in [0, 0.1) is 0 Å². The number of carbonyl (C=O) groups is 1. The van der Waals surface area contributed by atoms with Crippen LogP contribution in [0.3, 0.4) is 0 Å². The highest BCUT2D eigenvalue weighted by molar-refractivity contribution is 5.74. The summed E-state index contributed by atoms with van der Waals surface area (Å²) in [6.07, 6.45) is 0. The van der Waals surface area contributed by atoms with Crippen LogP contribution >= 0.6 is 0 Å². The first-order valence-electron chi connectivity index (χ1n) is 7.57. The molecule has 2 amide bonds. The van der Waals surface area contributed by atoms with E-state index in [1.165, 1.54) is 0 Å². The topological polar surface area (TPSA) is 60.0 Å². The molecular weight excluding hydrogens is 284 g/mol. The lowest BCUT2D eigenvalue weighted by Gasteiger charge is -2.30. The third-order valence-corrected chi connectivity index (χ3v) is 4.13. The van der Waals surface area contributed by atoms with Gasteiger partial charge in [0.15, 0.2) is 11.5 Å². The molecule has 0 aromatic heterocycles. The summed E-state index contributed by atoms with van der Waals surface area (Å²) < 4.78 is 16.0. The van der Waals surface area contributed by atoms with Crippen molar-refractivity contribution in [3.63, 3.8) is 0 Å². The van der Waals surface area contributed by atoms with Gasteiger partial charge in [-0.1, -0.05) is 19.9 Å². The number of hydrogen-bond donors (Lipinski definition) is 1. The zero-order chi connectivity index (χ0) is 15.6. The monoisotopic (exact) mass is 306 g/mol. The molecule has 2 aliphatic heterocycles. The molecule has 0 atom stereocenters. The number of nitrogens with zero attached hydrogens (tertiary/aromatic N) is 1. The van der Waals surface area contributed by atoms with Crippen molar-refractivity contribution in [3.05, 3.63) is 23.8 Å². The molecule has 6 nitrogen and oxygen atoms in total. The molecule has 0 spiro atoms. The third-order valence-electron chi connectivity index (χ3n) is 4.13. The normalized spacial score (nSPS) is 17.5. The van der Waals surface area contributed by atoms with E-state index in [-0.39, 0.29) is 18.2 Å². The van der Waals surface area contributed by atoms with Gasteiger partial charge in [0.1, 0.15) is 0 Å². The number of nitrogens with one attached hydrogen (secondary N) is 1. The Balaban J connectivity index is 1.61. The van der Waals surface area contributed by atoms with E-state index in [1.54, 1.807) is 4.90 Å². The lowest BCUT2D eigenvalue weighted by molar-refractivity contribution is 0.0529. The molecule has 1 fully saturated rings. The van der Waals surface area contributed by atoms with Gasteiger partial charge in [0, 0.05) is 25.0 Å². The first-order chi connectivity index (χ1) is 10.6. The molecule has 0 radical (unpaired) electrons. The first kappa shape index (κ1) is 15.0. The fourth-order valence-corrected chi connectivity index (χ4v) is 2.59. The van der Waals surface area contributed by atoms with Gasteiger partial charge in [0.25, 0.3) is 0 Å². The van der Waals surface area contributed by atoms with Crippen LogP contribution in [-0.4, -0.2) is 50.6 Å². The average Bonchev–Trinajstić information content (AvgIpc) is 3.01. The second-order valence-electron chi connectivity index (χ2n) is 6.21. The Bertz CT molecular complexity index is 553. The largest absolute Gasteiger partial charge is 0.454 e. The number of benzene rings is 1. The summed E-state index contributed by atoms with van der Waals surface area (Å²) in [4.78, 5) is 14.0. The summed E-state index contributed by atoms with van der Waals surface area (Å²) in [6, 6.07) is 5.90. The van der Waals surface area contributed by atoms with Crippen LogP contribution in [0.1, 0.15) is 19.4 Å². The summed E-state index contributed by atoms with van der Waals surface area (Å²) >= 11 is 0. The van der Waals surface area contributed by atoms with Gasteiger partial charge >= 0.3 is 6.03 Å². The average molecular weight is 306 g/mol. The predicted octanol–water partition coefficient (Wildman–Crippen LogP) is 1.73. The highest BCUT2D eigenvalue weighted by atomic mass is 16.7. The summed E-state index contributed by atoms with van der Waals surface area (Å²) in [5.41, 5.74) is 0.919. The van der Waals surface area contributed by atoms with Gasteiger partial charge in [-0.25, -0.2) is 4.79 Å². The number of ether oxygens (including phenoxy) is 3. The number of rotatable bonds is 3. The molecule has 0 bridgehead atoms. The minimum absolute atomic E-state index is 0.0304. The van der Waals surface area contributed by atoms with Crippen molar-refractivity contribution in [2.75, 3.05) is 39.6 Å². The molecule has 6 heteroatoms. The van der Waals surface area contributed by atoms with Crippen molar-refractivity contribution < 1.29 is 19.0 Å². The van der Waals surface area contributed by atoms with E-state index in [4.69, 9.17) is 14.2 Å². The molecule has 0 saturated carbocycles. The van der Waals surface area contributed by atoms with Crippen LogP contribution in [0.25, 0.3) is 0 Å². The predicted molar refractivity (Wildman–Crippen MR) is 81.4 cm³/mol. The van der Waals surface area contributed by atoms with Gasteiger partial charge in [-0.2, -0.15) is 0 Å². The summed E-state index contributed by atoms with van der Waals surface area (Å²) in [7, 11) is 0. The number of amides is 2. The van der Waals surface area contributed by atoms with E-state index in [0.29, 0.717) is 32.8 Å². The standard InChI is InChI=1S/C16H22N2O4/c1-16(2,10-17-15(19)18-5-7-20-8-6-18)12-3-4-13-14(9-12)22-11-21-13/h3-4,9H,5-8,10-11H2,1-2H3,(H,17,19). The maximum Gasteiger partial charge on any atom is 0.317 e. The number of fused-ring (bicyclic) bond motifs is 1. The number of hydrogen-bond acceptors (Lipinski definition) is 4. The summed E-state index contributed by atoms with van der Waals surface area (Å²) in [5, 5.41) is 3.02. The Hall–Kier alpha value is -1.95. The second kappa shape index (κ2) is 6.04. The molecule has 1 N–H and O–H groups in total. The molecule has 22 heavy (non-hydrogen) atoms. The number of carbonyl (C=O) groups excluding carboxylic acids is 1. The van der Waals surface area contributed by atoms with Crippen LogP contribution in [0.2, 0.25) is 0 Å². The smallest absolute Gasteiger partial charge is 0.317 e. The maximum absolute atomic E-state index is 12.2. The molecule has 2 aliphatic rings. The zero-order valence-corrected chi connectivity index (χ0v) is 13.1. The van der Waals surface area contributed by atoms with Crippen LogP contribution < -0.4 is 14.8 Å². The molecular formula is C16H22N2O4. The van der Waals surface area contributed by atoms with E-state index < -0.39 is 0 Å². The molecule has 0 aliphatic carbocycles. The van der Waals surface area contributed by atoms with Crippen molar-refractivity contribution in [1.29, 1.82) is 0 Å². The maximum atomic E-state index is 12.2. The van der Waals surface area contributed by atoms with Crippen LogP contribution in [0.15, 0.2) is 18.2 Å². The van der Waals surface area contributed by atoms with E-state index in [2.05, 4.69) is 19.2 Å². The molecule has 120 valence electrons. The minimum Gasteiger partial charge on any atom is -0.454 e. The Kier molecular flexibility index (Phi) is 4.11. The van der Waals surface area contributed by atoms with Crippen molar-refractivity contribution in [2.24, 2.45) is 0 Å². The van der Waals surface area contributed by atoms with E-state index in [0.717, 1.165) is 17.1 Å². The molecule has 2 heterocycles. The van der Waals surface area contributed by atoms with Gasteiger partial charge in [-0.05, 0) is 17.7 Å². The van der Waals surface area contributed by atoms with Crippen molar-refractivity contribution >= 4 is 6.03 Å². The van der Waals surface area contributed by atoms with E-state index in [1.807, 2.05) is 18.2 Å². The van der Waals surface area contributed by atoms with Gasteiger partial charge < -0.3 is 24.4 Å². The Morgan fingerprint density at radius 3 is 2.73 bits per heavy atom. The highest BCUT2D eigenvalue weighted by Crippen LogP contribution is 2.36. The Morgan fingerprint density at radius 2 is 1.95 bits per heavy atom. The number of morpholine rings is 1. The second-order valence-corrected chi connectivity index (χ2v) is 6.21. The van der Waals surface area contributed by atoms with E-state index >= 15 is 0 Å². The van der Waals surface area contributed by atoms with Gasteiger partial charge in [-0.3, -0.25) is 0 Å². The van der Waals surface area contributed by atoms with Gasteiger partial charge in [0.05, 0.1) is 13.2 Å². The van der Waals surface area contributed by atoms with Crippen molar-refractivity contribution in [2.45, 2.75) is 19.3 Å². The van der Waals surface area contributed by atoms with Crippen LogP contribution in [0.4, 0.5) is 4.79 Å². The summed E-state index contributed by atoms with van der Waals surface area (Å²) in [6.45, 7) is 7.55. The molecule has 0 unspecified atom stereocenters. The van der Waals surface area contributed by atoms with Gasteiger partial charge in [0.2, 0.25) is 6.79 Å². The van der Waals surface area contributed by atoms with E-state index in [9.17, 15) is 4.79 Å². The Morgan fingerprint density at radius 1 is 1.23 bits per heavy atom. The Labute approximate surface area is 130 Å². The molecule has 1 aromatic rings. The van der Waals surface area contributed by atoms with Crippen molar-refractivity contribution in [3.8, 4) is 11.5 Å². The van der Waals surface area contributed by atoms with Crippen molar-refractivity contribution in [1.82, 2.24) is 10.2 Å². The lowest BCUT2D eigenvalue weighted by Crippen LogP contribution is -2.48. The van der Waals surface area contributed by atoms with Crippen LogP contribution in [-0.2, 0) is 10.2 Å². The van der Waals surface area contributed by atoms with Crippen LogP contribution in [0.5, 0.6) is 11.5 Å². The molecule has 1 saturated heterocycles. The number of urea groups is 1. The SMILES string of the molecule is CC(C)(CNC(=O)N1CCOCC1)c1ccc2c(c1)OCO2. The quantitative estimate of drug-likeness (QED) is 0.924. The first-order valence-corrected chi connectivity index (χ1v) is 7.57. The fourth-order valence-electron chi connectivity index (χ4n) is 2.59. The summed E-state index contributed by atoms with van der Waals surface area (Å²) in [5.74, 6) is 1.54. The molecule has 1 aromatic carbocycles. The lowest BCUT2D eigenvalue weighted by atomic mass is 9.84. The third kappa shape index (κ3) is 3.11.